The molecule has 526 valence electrons. The van der Waals surface area contributed by atoms with Crippen LogP contribution < -0.4 is 30.6 Å². The van der Waals surface area contributed by atoms with Gasteiger partial charge in [-0.15, -0.1) is 0 Å². The number of benzene rings is 2. The molecule has 2 aromatic rings. The predicted octanol–water partition coefficient (Wildman–Crippen LogP) is 4.69. The lowest BCUT2D eigenvalue weighted by molar-refractivity contribution is -0.0433. The van der Waals surface area contributed by atoms with Crippen LogP contribution in [0.25, 0.3) is 0 Å². The molecule has 2 aromatic carbocycles. The quantitative estimate of drug-likeness (QED) is 0.0598. The second kappa shape index (κ2) is 56.9. The average Bonchev–Trinajstić information content (AvgIpc) is 0.904. The Bertz CT molecular complexity index is 1970. The van der Waals surface area contributed by atoms with Gasteiger partial charge in [-0.1, -0.05) is 6.07 Å². The summed E-state index contributed by atoms with van der Waals surface area (Å²) in [6, 6.07) is 8.86. The molecule has 0 aliphatic heterocycles. The van der Waals surface area contributed by atoms with E-state index in [4.69, 9.17) is 105 Å². The summed E-state index contributed by atoms with van der Waals surface area (Å²) in [5.74, 6) is -0.470. The van der Waals surface area contributed by atoms with Gasteiger partial charge in [0.2, 0.25) is 5.75 Å². The molecule has 0 saturated heterocycles. The number of nitrogens with two attached hydrogens (primary N) is 1. The molecule has 2 rings (SSSR count). The fraction of sp³-hybridized carbons (Fsp3) is 0.766. The van der Waals surface area contributed by atoms with Crippen molar-refractivity contribution in [2.45, 2.75) is 77.6 Å². The Balaban J connectivity index is 2.65. The van der Waals surface area contributed by atoms with Gasteiger partial charge in [0.1, 0.15) is 17.8 Å². The van der Waals surface area contributed by atoms with Crippen LogP contribution in [0.15, 0.2) is 30.3 Å². The number of hydrogen-bond acceptors (Lipinski definition) is 25. The smallest absolute Gasteiger partial charge is 0.407 e. The molecule has 0 unspecified atom stereocenters. The number of aryl methyl sites for hydroxylation is 2. The van der Waals surface area contributed by atoms with E-state index in [0.29, 0.717) is 144 Å². The number of carbonyl (C=O) groups excluding carboxylic acids is 3. The molecule has 0 aromatic heterocycles. The first-order valence-electron chi connectivity index (χ1n) is 31.7. The molecule has 0 atom stereocenters. The van der Waals surface area contributed by atoms with Crippen molar-refractivity contribution in [2.75, 3.05) is 246 Å². The number of nitrogens with one attached hydrogen (secondary N) is 2. The summed E-state index contributed by atoms with van der Waals surface area (Å²) in [7, 11) is 6.44. The Hall–Kier alpha value is -4.63. The second-order valence-corrected chi connectivity index (χ2v) is 21.1. The van der Waals surface area contributed by atoms with Crippen LogP contribution >= 0.6 is 0 Å². The van der Waals surface area contributed by atoms with E-state index in [1.165, 1.54) is 0 Å². The van der Waals surface area contributed by atoms with Crippen LogP contribution in [0.4, 0.5) is 4.79 Å². The van der Waals surface area contributed by atoms with Gasteiger partial charge in [-0.2, -0.15) is 0 Å². The maximum Gasteiger partial charge on any atom is 0.407 e. The van der Waals surface area contributed by atoms with Gasteiger partial charge < -0.3 is 116 Å². The lowest BCUT2D eigenvalue weighted by Gasteiger charge is -2.26. The molecule has 91 heavy (non-hydrogen) atoms. The molecular formula is C64H111N3O24. The molecule has 0 heterocycles. The third-order valence-corrected chi connectivity index (χ3v) is 12.2. The molecule has 0 aliphatic rings. The minimum Gasteiger partial charge on any atom is -0.486 e. The lowest BCUT2D eigenvalue weighted by atomic mass is 9.99. The molecule has 0 fully saturated rings. The van der Waals surface area contributed by atoms with E-state index >= 15 is 0 Å². The maximum absolute atomic E-state index is 14.6. The number of carbonyl (C=O) groups is 3. The number of rotatable bonds is 63. The third-order valence-electron chi connectivity index (χ3n) is 12.2. The zero-order chi connectivity index (χ0) is 66.1. The highest BCUT2D eigenvalue weighted by Gasteiger charge is 2.26. The van der Waals surface area contributed by atoms with E-state index in [9.17, 15) is 14.4 Å². The molecule has 0 saturated carbocycles. The van der Waals surface area contributed by atoms with Crippen molar-refractivity contribution in [1.29, 1.82) is 0 Å². The van der Waals surface area contributed by atoms with Gasteiger partial charge in [0.05, 0.1) is 204 Å². The molecule has 4 N–H and O–H groups in total. The first kappa shape index (κ1) is 82.5. The minimum absolute atomic E-state index is 0.0199. The summed E-state index contributed by atoms with van der Waals surface area (Å²) in [5, 5.41) is 5.84. The molecule has 0 spiro atoms. The Labute approximate surface area is 540 Å². The van der Waals surface area contributed by atoms with Crippen molar-refractivity contribution in [3.63, 3.8) is 0 Å². The number of methoxy groups -OCH3 is 4. The summed E-state index contributed by atoms with van der Waals surface area (Å²) in [6.07, 6.45) is 0.676. The second-order valence-electron chi connectivity index (χ2n) is 21.1. The SMILES string of the molecule is CCOC(=O)c1cc(CCCN)cc(CCCNC(=O)c2cc(OC(COCCOCCOCCOC)COCCOCCOCCOC)c(OCCCNC(=O)OC(C)(C)C)c(OC(COCCOCCOCCOC)COCCOCCOCCOC)c2)c1. The van der Waals surface area contributed by atoms with Crippen molar-refractivity contribution in [1.82, 2.24) is 10.6 Å². The Morgan fingerprint density at radius 1 is 0.440 bits per heavy atom. The van der Waals surface area contributed by atoms with Crippen molar-refractivity contribution in [2.24, 2.45) is 5.73 Å². The van der Waals surface area contributed by atoms with Crippen LogP contribution in [0.1, 0.15) is 78.8 Å². The average molecular weight is 1310 g/mol. The van der Waals surface area contributed by atoms with Crippen LogP contribution in [0.3, 0.4) is 0 Å². The van der Waals surface area contributed by atoms with Crippen molar-refractivity contribution >= 4 is 18.0 Å². The number of alkyl carbamates (subject to hydrolysis) is 1. The summed E-state index contributed by atoms with van der Waals surface area (Å²) in [4.78, 5) is 40.1. The first-order valence-corrected chi connectivity index (χ1v) is 31.7. The highest BCUT2D eigenvalue weighted by molar-refractivity contribution is 5.95. The molecule has 2 amide bonds. The number of amides is 2. The number of hydrogen-bond donors (Lipinski definition) is 3. The summed E-state index contributed by atoms with van der Waals surface area (Å²) in [6.45, 7) is 17.0. The third kappa shape index (κ3) is 45.4. The van der Waals surface area contributed by atoms with Gasteiger partial charge in [0, 0.05) is 47.1 Å². The maximum atomic E-state index is 14.6. The van der Waals surface area contributed by atoms with Crippen LogP contribution in [0.2, 0.25) is 0 Å². The highest BCUT2D eigenvalue weighted by Crippen LogP contribution is 2.40. The molecule has 27 heteroatoms. The fourth-order valence-corrected chi connectivity index (χ4v) is 7.84. The van der Waals surface area contributed by atoms with Crippen LogP contribution in [0, 0.1) is 0 Å². The van der Waals surface area contributed by atoms with E-state index in [1.807, 2.05) is 12.1 Å². The molecule has 27 nitrogen and oxygen atoms in total. The van der Waals surface area contributed by atoms with Gasteiger partial charge in [0.15, 0.2) is 11.5 Å². The summed E-state index contributed by atoms with van der Waals surface area (Å²) in [5.41, 5.74) is 7.65. The van der Waals surface area contributed by atoms with Gasteiger partial charge in [0.25, 0.3) is 5.91 Å². The van der Waals surface area contributed by atoms with Crippen LogP contribution in [-0.2, 0) is 98.1 Å². The van der Waals surface area contributed by atoms with E-state index in [0.717, 1.165) is 17.5 Å². The van der Waals surface area contributed by atoms with E-state index in [2.05, 4.69) is 16.7 Å². The zero-order valence-electron chi connectivity index (χ0n) is 55.8. The molecule has 0 radical (unpaired) electrons. The molecule has 0 bridgehead atoms. The topological polar surface area (TPSA) is 295 Å². The fourth-order valence-electron chi connectivity index (χ4n) is 7.84. The predicted molar refractivity (Wildman–Crippen MR) is 337 cm³/mol. The monoisotopic (exact) mass is 1310 g/mol. The Morgan fingerprint density at radius 3 is 1.16 bits per heavy atom. The zero-order valence-corrected chi connectivity index (χ0v) is 55.8. The Morgan fingerprint density at radius 2 is 0.802 bits per heavy atom. The lowest BCUT2D eigenvalue weighted by Crippen LogP contribution is -2.33. The largest absolute Gasteiger partial charge is 0.486 e. The normalized spacial score (nSPS) is 11.6. The van der Waals surface area contributed by atoms with E-state index < -0.39 is 35.8 Å². The number of ether oxygens (including phenoxy) is 21. The van der Waals surface area contributed by atoms with Crippen molar-refractivity contribution in [3.8, 4) is 17.2 Å². The van der Waals surface area contributed by atoms with Gasteiger partial charge in [-0.25, -0.2) is 9.59 Å². The van der Waals surface area contributed by atoms with E-state index in [1.54, 1.807) is 68.3 Å². The standard InChI is InChI=1S/C64H111N3O24/c1-9-87-62(69)55-44-52(13-10-15-65)43-53(45-55)14-11-16-66-61(68)54-46-58(89-56(48-83-39-35-79-31-27-75-23-19-71-5)49-84-40-36-80-32-28-76-24-20-72-6)60(88-18-12-17-67-63(70)91-64(2,3)4)59(47-54)90-57(50-85-41-37-81-33-29-77-25-21-73-7)51-86-42-38-82-34-30-78-26-22-74-8/h43-47,56-57H,9-42,48-51,65H2,1-8H3,(H,66,68)(H,67,70). The van der Waals surface area contributed by atoms with Crippen molar-refractivity contribution in [3.05, 3.63) is 52.6 Å². The van der Waals surface area contributed by atoms with Crippen LogP contribution in [0.5, 0.6) is 17.2 Å². The number of esters is 1. The molecule has 0 aliphatic carbocycles. The van der Waals surface area contributed by atoms with Crippen LogP contribution in [-0.4, -0.2) is 282 Å². The summed E-state index contributed by atoms with van der Waals surface area (Å²) >= 11 is 0. The Kier molecular flexibility index (Phi) is 51.5. The van der Waals surface area contributed by atoms with Gasteiger partial charge >= 0.3 is 12.1 Å². The van der Waals surface area contributed by atoms with Gasteiger partial charge in [-0.05, 0) is 102 Å². The van der Waals surface area contributed by atoms with E-state index in [-0.39, 0.29) is 128 Å². The van der Waals surface area contributed by atoms with Crippen molar-refractivity contribution < 1.29 is 114 Å². The highest BCUT2D eigenvalue weighted by atomic mass is 16.6. The van der Waals surface area contributed by atoms with Gasteiger partial charge in [-0.3, -0.25) is 4.79 Å². The summed E-state index contributed by atoms with van der Waals surface area (Å²) < 4.78 is 121. The first-order chi connectivity index (χ1) is 44.4. The molecular weight excluding hydrogens is 1190 g/mol. The minimum atomic E-state index is -0.796.